The quantitative estimate of drug-likeness (QED) is 0.504. The second-order valence-electron chi connectivity index (χ2n) is 3.18. The van der Waals surface area contributed by atoms with Crippen LogP contribution in [-0.4, -0.2) is 0 Å². The first kappa shape index (κ1) is 10.7. The molecule has 0 saturated carbocycles. The summed E-state index contributed by atoms with van der Waals surface area (Å²) in [5, 5.41) is 0. The van der Waals surface area contributed by atoms with Crippen LogP contribution in [0, 0.1) is 5.92 Å². The summed E-state index contributed by atoms with van der Waals surface area (Å²) in [6, 6.07) is 0. The highest BCUT2D eigenvalue weighted by atomic mass is 14.1. The van der Waals surface area contributed by atoms with E-state index in [-0.39, 0.29) is 0 Å². The lowest BCUT2D eigenvalue weighted by Gasteiger charge is -2.09. The van der Waals surface area contributed by atoms with E-state index in [4.69, 9.17) is 0 Å². The highest BCUT2D eigenvalue weighted by Crippen LogP contribution is 2.15. The number of hydrogen-bond acceptors (Lipinski definition) is 0. The molecule has 0 saturated heterocycles. The van der Waals surface area contributed by atoms with Crippen molar-refractivity contribution in [1.29, 1.82) is 0 Å². The molecule has 0 aliphatic carbocycles. The van der Waals surface area contributed by atoms with Crippen molar-refractivity contribution < 1.29 is 0 Å². The van der Waals surface area contributed by atoms with Gasteiger partial charge >= 0.3 is 0 Å². The lowest BCUT2D eigenvalue weighted by molar-refractivity contribution is 0.470. The average molecular weight is 154 g/mol. The van der Waals surface area contributed by atoms with Gasteiger partial charge in [-0.15, -0.1) is 0 Å². The van der Waals surface area contributed by atoms with Gasteiger partial charge in [-0.3, -0.25) is 0 Å². The van der Waals surface area contributed by atoms with E-state index < -0.39 is 0 Å². The van der Waals surface area contributed by atoms with Crippen LogP contribution in [0.25, 0.3) is 0 Å². The lowest BCUT2D eigenvalue weighted by atomic mass is 9.97. The molecular formula is C11H22. The summed E-state index contributed by atoms with van der Waals surface area (Å²) in [7, 11) is 0. The van der Waals surface area contributed by atoms with Gasteiger partial charge in [0.15, 0.2) is 0 Å². The van der Waals surface area contributed by atoms with Crippen molar-refractivity contribution in [2.75, 3.05) is 0 Å². The van der Waals surface area contributed by atoms with Crippen molar-refractivity contribution in [3.05, 3.63) is 12.2 Å². The van der Waals surface area contributed by atoms with Gasteiger partial charge in [-0.2, -0.15) is 0 Å². The van der Waals surface area contributed by atoms with Crippen LogP contribution in [0.1, 0.15) is 52.9 Å². The minimum Gasteiger partial charge on any atom is -0.0888 e. The van der Waals surface area contributed by atoms with Gasteiger partial charge in [0.05, 0.1) is 0 Å². The summed E-state index contributed by atoms with van der Waals surface area (Å²) in [5.74, 6) is 0.933. The second kappa shape index (κ2) is 7.84. The molecule has 0 amide bonds. The standard InChI is InChI=1S/C11H22/c1-4-7-8-10-11(6-3)9-5-2/h7-8,11H,4-6,9-10H2,1-3H3. The van der Waals surface area contributed by atoms with Gasteiger partial charge in [-0.1, -0.05) is 52.2 Å². The SMILES string of the molecule is CCC=CCC(CC)CCC. The van der Waals surface area contributed by atoms with E-state index in [1.807, 2.05) is 0 Å². The monoisotopic (exact) mass is 154 g/mol. The Labute approximate surface area is 71.7 Å². The predicted octanol–water partition coefficient (Wildman–Crippen LogP) is 4.17. The summed E-state index contributed by atoms with van der Waals surface area (Å²) in [6.45, 7) is 6.75. The first-order valence-electron chi connectivity index (χ1n) is 5.00. The van der Waals surface area contributed by atoms with Crippen molar-refractivity contribution in [1.82, 2.24) is 0 Å². The van der Waals surface area contributed by atoms with Crippen molar-refractivity contribution in [2.45, 2.75) is 52.9 Å². The maximum Gasteiger partial charge on any atom is -0.0322 e. The maximum absolute atomic E-state index is 2.34. The maximum atomic E-state index is 2.34. The molecule has 1 unspecified atom stereocenters. The Morgan fingerprint density at radius 3 is 2.27 bits per heavy atom. The van der Waals surface area contributed by atoms with Crippen LogP contribution < -0.4 is 0 Å². The molecule has 0 spiro atoms. The van der Waals surface area contributed by atoms with Gasteiger partial charge in [-0.25, -0.2) is 0 Å². The van der Waals surface area contributed by atoms with Gasteiger partial charge in [-0.05, 0) is 18.8 Å². The Bertz CT molecular complexity index is 92.2. The number of rotatable bonds is 6. The van der Waals surface area contributed by atoms with Crippen molar-refractivity contribution in [3.8, 4) is 0 Å². The first-order chi connectivity index (χ1) is 5.35. The third-order valence-electron chi connectivity index (χ3n) is 2.15. The zero-order valence-corrected chi connectivity index (χ0v) is 8.27. The topological polar surface area (TPSA) is 0 Å². The second-order valence-corrected chi connectivity index (χ2v) is 3.18. The summed E-state index contributed by atoms with van der Waals surface area (Å²) >= 11 is 0. The molecule has 0 aromatic rings. The Balaban J connectivity index is 3.42. The molecule has 1 atom stereocenters. The van der Waals surface area contributed by atoms with Crippen LogP contribution in [0.4, 0.5) is 0 Å². The molecule has 0 bridgehead atoms. The molecule has 0 aliphatic rings. The highest BCUT2D eigenvalue weighted by Gasteiger charge is 2.00. The van der Waals surface area contributed by atoms with Crippen molar-refractivity contribution in [2.24, 2.45) is 5.92 Å². The van der Waals surface area contributed by atoms with Crippen molar-refractivity contribution in [3.63, 3.8) is 0 Å². The van der Waals surface area contributed by atoms with Gasteiger partial charge < -0.3 is 0 Å². The Hall–Kier alpha value is -0.260. The minimum absolute atomic E-state index is 0.933. The highest BCUT2D eigenvalue weighted by molar-refractivity contribution is 4.82. The minimum atomic E-state index is 0.933. The molecule has 0 aliphatic heterocycles. The van der Waals surface area contributed by atoms with E-state index in [1.165, 1.54) is 32.1 Å². The Morgan fingerprint density at radius 1 is 1.09 bits per heavy atom. The van der Waals surface area contributed by atoms with E-state index >= 15 is 0 Å². The molecule has 0 heterocycles. The van der Waals surface area contributed by atoms with E-state index in [2.05, 4.69) is 32.9 Å². The fourth-order valence-corrected chi connectivity index (χ4v) is 1.35. The lowest BCUT2D eigenvalue weighted by Crippen LogP contribution is -1.95. The molecule has 0 radical (unpaired) electrons. The van der Waals surface area contributed by atoms with Crippen LogP contribution in [-0.2, 0) is 0 Å². The van der Waals surface area contributed by atoms with Crippen LogP contribution in [0.3, 0.4) is 0 Å². The van der Waals surface area contributed by atoms with E-state index in [0.29, 0.717) is 0 Å². The van der Waals surface area contributed by atoms with Gasteiger partial charge in [0, 0.05) is 0 Å². The fourth-order valence-electron chi connectivity index (χ4n) is 1.35. The van der Waals surface area contributed by atoms with E-state index in [0.717, 1.165) is 5.92 Å². The summed E-state index contributed by atoms with van der Waals surface area (Å²) < 4.78 is 0. The molecule has 66 valence electrons. The normalized spacial score (nSPS) is 14.1. The fraction of sp³-hybridized carbons (Fsp3) is 0.818. The molecule has 0 nitrogen and oxygen atoms in total. The van der Waals surface area contributed by atoms with Crippen molar-refractivity contribution >= 4 is 0 Å². The summed E-state index contributed by atoms with van der Waals surface area (Å²) in [5.41, 5.74) is 0. The third kappa shape index (κ3) is 6.15. The molecule has 0 aromatic heterocycles. The van der Waals surface area contributed by atoms with Gasteiger partial charge in [0.1, 0.15) is 0 Å². The average Bonchev–Trinajstić information content (AvgIpc) is 2.03. The number of hydrogen-bond donors (Lipinski definition) is 0. The molecular weight excluding hydrogens is 132 g/mol. The molecule has 0 heteroatoms. The molecule has 11 heavy (non-hydrogen) atoms. The van der Waals surface area contributed by atoms with Gasteiger partial charge in [0.2, 0.25) is 0 Å². The molecule has 0 rings (SSSR count). The Morgan fingerprint density at radius 2 is 1.82 bits per heavy atom. The van der Waals surface area contributed by atoms with E-state index in [1.54, 1.807) is 0 Å². The summed E-state index contributed by atoms with van der Waals surface area (Å²) in [4.78, 5) is 0. The van der Waals surface area contributed by atoms with Crippen LogP contribution >= 0.6 is 0 Å². The summed E-state index contributed by atoms with van der Waals surface area (Å²) in [6.07, 6.45) is 11.1. The zero-order chi connectivity index (χ0) is 8.53. The molecule has 0 fully saturated rings. The third-order valence-corrected chi connectivity index (χ3v) is 2.15. The largest absolute Gasteiger partial charge is 0.0888 e. The predicted molar refractivity (Wildman–Crippen MR) is 52.7 cm³/mol. The first-order valence-corrected chi connectivity index (χ1v) is 5.00. The smallest absolute Gasteiger partial charge is 0.0322 e. The Kier molecular flexibility index (Phi) is 7.66. The zero-order valence-electron chi connectivity index (χ0n) is 8.27. The van der Waals surface area contributed by atoms with Gasteiger partial charge in [0.25, 0.3) is 0 Å². The van der Waals surface area contributed by atoms with Crippen LogP contribution in [0.15, 0.2) is 12.2 Å². The van der Waals surface area contributed by atoms with Crippen LogP contribution in [0.2, 0.25) is 0 Å². The molecule has 0 aromatic carbocycles. The number of allylic oxidation sites excluding steroid dienone is 2. The van der Waals surface area contributed by atoms with Crippen LogP contribution in [0.5, 0.6) is 0 Å². The molecule has 0 N–H and O–H groups in total. The van der Waals surface area contributed by atoms with E-state index in [9.17, 15) is 0 Å².